The van der Waals surface area contributed by atoms with Gasteiger partial charge in [-0.3, -0.25) is 0 Å². The average molecular weight is 289 g/mol. The SMILES string of the molecule is CCCS(=O)(=O)CCC1CCCC1CNCC(C)C. The fourth-order valence-corrected chi connectivity index (χ4v) is 4.55. The number of hydrogen-bond donors (Lipinski definition) is 1. The predicted octanol–water partition coefficient (Wildman–Crippen LogP) is 2.86. The van der Waals surface area contributed by atoms with E-state index in [9.17, 15) is 8.42 Å². The average Bonchev–Trinajstić information content (AvgIpc) is 2.74. The maximum atomic E-state index is 11.8. The van der Waals surface area contributed by atoms with E-state index in [1.54, 1.807) is 0 Å². The maximum absolute atomic E-state index is 11.8. The standard InChI is InChI=1S/C15H31NO2S/c1-4-9-19(17,18)10-8-14-6-5-7-15(14)12-16-11-13(2)3/h13-16H,4-12H2,1-3H3. The second-order valence-electron chi connectivity index (χ2n) is 6.44. The smallest absolute Gasteiger partial charge is 0.150 e. The molecule has 1 N–H and O–H groups in total. The van der Waals surface area contributed by atoms with Crippen LogP contribution in [-0.2, 0) is 9.84 Å². The Balaban J connectivity index is 2.31. The Bertz CT molecular complexity index is 338. The molecular formula is C15H31NO2S. The molecule has 4 heteroatoms. The number of nitrogens with one attached hydrogen (secondary N) is 1. The molecule has 3 nitrogen and oxygen atoms in total. The van der Waals surface area contributed by atoms with Crippen LogP contribution in [0.3, 0.4) is 0 Å². The van der Waals surface area contributed by atoms with Gasteiger partial charge in [-0.1, -0.05) is 33.6 Å². The van der Waals surface area contributed by atoms with Crippen LogP contribution in [0.5, 0.6) is 0 Å². The third kappa shape index (κ3) is 6.75. The van der Waals surface area contributed by atoms with Crippen LogP contribution in [-0.4, -0.2) is 33.0 Å². The molecule has 114 valence electrons. The summed E-state index contributed by atoms with van der Waals surface area (Å²) in [5.41, 5.74) is 0. The van der Waals surface area contributed by atoms with Gasteiger partial charge in [0, 0.05) is 5.75 Å². The highest BCUT2D eigenvalue weighted by molar-refractivity contribution is 7.91. The highest BCUT2D eigenvalue weighted by Gasteiger charge is 2.27. The van der Waals surface area contributed by atoms with E-state index >= 15 is 0 Å². The van der Waals surface area contributed by atoms with E-state index in [2.05, 4.69) is 19.2 Å². The summed E-state index contributed by atoms with van der Waals surface area (Å²) in [6.07, 6.45) is 5.37. The third-order valence-corrected chi connectivity index (χ3v) is 5.98. The van der Waals surface area contributed by atoms with Crippen molar-refractivity contribution in [3.05, 3.63) is 0 Å². The van der Waals surface area contributed by atoms with Gasteiger partial charge in [0.05, 0.1) is 5.75 Å². The molecular weight excluding hydrogens is 258 g/mol. The lowest BCUT2D eigenvalue weighted by Gasteiger charge is -2.20. The van der Waals surface area contributed by atoms with Gasteiger partial charge in [-0.15, -0.1) is 0 Å². The van der Waals surface area contributed by atoms with E-state index in [1.807, 2.05) is 6.92 Å². The van der Waals surface area contributed by atoms with Crippen molar-refractivity contribution in [2.24, 2.45) is 17.8 Å². The molecule has 1 aliphatic carbocycles. The first-order valence-electron chi connectivity index (χ1n) is 7.85. The van der Waals surface area contributed by atoms with Crippen LogP contribution in [0.25, 0.3) is 0 Å². The topological polar surface area (TPSA) is 46.2 Å². The zero-order valence-corrected chi connectivity index (χ0v) is 13.6. The van der Waals surface area contributed by atoms with Crippen molar-refractivity contribution in [3.63, 3.8) is 0 Å². The van der Waals surface area contributed by atoms with Crippen LogP contribution in [0.4, 0.5) is 0 Å². The summed E-state index contributed by atoms with van der Waals surface area (Å²) in [5, 5.41) is 3.53. The normalized spacial score (nSPS) is 24.2. The predicted molar refractivity (Wildman–Crippen MR) is 82.1 cm³/mol. The zero-order chi connectivity index (χ0) is 14.3. The molecule has 0 radical (unpaired) electrons. The van der Waals surface area contributed by atoms with Gasteiger partial charge >= 0.3 is 0 Å². The van der Waals surface area contributed by atoms with Crippen LogP contribution in [0.15, 0.2) is 0 Å². The van der Waals surface area contributed by atoms with E-state index in [0.717, 1.165) is 25.9 Å². The van der Waals surface area contributed by atoms with Crippen molar-refractivity contribution in [2.75, 3.05) is 24.6 Å². The molecule has 0 spiro atoms. The lowest BCUT2D eigenvalue weighted by molar-refractivity contribution is 0.351. The second kappa shape index (κ2) is 8.25. The van der Waals surface area contributed by atoms with Crippen LogP contribution in [0.1, 0.15) is 52.9 Å². The van der Waals surface area contributed by atoms with Gasteiger partial charge in [0.1, 0.15) is 9.84 Å². The van der Waals surface area contributed by atoms with E-state index in [1.165, 1.54) is 19.3 Å². The Hall–Kier alpha value is -0.0900. The van der Waals surface area contributed by atoms with E-state index in [4.69, 9.17) is 0 Å². The van der Waals surface area contributed by atoms with E-state index in [-0.39, 0.29) is 0 Å². The minimum atomic E-state index is -2.80. The van der Waals surface area contributed by atoms with Gasteiger partial charge in [-0.05, 0) is 50.1 Å². The molecule has 19 heavy (non-hydrogen) atoms. The van der Waals surface area contributed by atoms with Crippen molar-refractivity contribution in [1.82, 2.24) is 5.32 Å². The van der Waals surface area contributed by atoms with Gasteiger partial charge in [0.25, 0.3) is 0 Å². The number of sulfone groups is 1. The van der Waals surface area contributed by atoms with Crippen molar-refractivity contribution in [1.29, 1.82) is 0 Å². The minimum Gasteiger partial charge on any atom is -0.316 e. The van der Waals surface area contributed by atoms with Gasteiger partial charge in [-0.25, -0.2) is 8.42 Å². The first kappa shape index (κ1) is 17.0. The van der Waals surface area contributed by atoms with Crippen molar-refractivity contribution in [2.45, 2.75) is 52.9 Å². The molecule has 0 bridgehead atoms. The van der Waals surface area contributed by atoms with Gasteiger partial charge in [0.2, 0.25) is 0 Å². The summed E-state index contributed by atoms with van der Waals surface area (Å²) in [6.45, 7) is 8.51. The summed E-state index contributed by atoms with van der Waals surface area (Å²) in [6, 6.07) is 0. The largest absolute Gasteiger partial charge is 0.316 e. The lowest BCUT2D eigenvalue weighted by Crippen LogP contribution is -2.29. The molecule has 0 aromatic heterocycles. The van der Waals surface area contributed by atoms with Gasteiger partial charge in [-0.2, -0.15) is 0 Å². The van der Waals surface area contributed by atoms with Crippen molar-refractivity contribution in [3.8, 4) is 0 Å². The summed E-state index contributed by atoms with van der Waals surface area (Å²) < 4.78 is 23.6. The molecule has 2 atom stereocenters. The zero-order valence-electron chi connectivity index (χ0n) is 12.8. The first-order valence-corrected chi connectivity index (χ1v) is 9.68. The number of rotatable bonds is 9. The molecule has 0 aromatic carbocycles. The molecule has 0 aromatic rings. The molecule has 0 heterocycles. The van der Waals surface area contributed by atoms with Crippen LogP contribution < -0.4 is 5.32 Å². The highest BCUT2D eigenvalue weighted by atomic mass is 32.2. The summed E-state index contributed by atoms with van der Waals surface area (Å²) in [4.78, 5) is 0. The maximum Gasteiger partial charge on any atom is 0.150 e. The monoisotopic (exact) mass is 289 g/mol. The molecule has 1 fully saturated rings. The fourth-order valence-electron chi connectivity index (χ4n) is 3.06. The van der Waals surface area contributed by atoms with Crippen molar-refractivity contribution < 1.29 is 8.42 Å². The molecule has 1 aliphatic rings. The molecule has 2 unspecified atom stereocenters. The van der Waals surface area contributed by atoms with Crippen LogP contribution in [0, 0.1) is 17.8 Å². The van der Waals surface area contributed by atoms with Crippen LogP contribution >= 0.6 is 0 Å². The second-order valence-corrected chi connectivity index (χ2v) is 8.75. The minimum absolute atomic E-state index is 0.357. The Kier molecular flexibility index (Phi) is 7.37. The Morgan fingerprint density at radius 3 is 2.47 bits per heavy atom. The number of hydrogen-bond acceptors (Lipinski definition) is 3. The molecule has 0 amide bonds. The summed E-state index contributed by atoms with van der Waals surface area (Å²) in [5.74, 6) is 2.74. The fraction of sp³-hybridized carbons (Fsp3) is 1.00. The Morgan fingerprint density at radius 1 is 1.16 bits per heavy atom. The van der Waals surface area contributed by atoms with E-state index < -0.39 is 9.84 Å². The highest BCUT2D eigenvalue weighted by Crippen LogP contribution is 2.34. The third-order valence-electron chi connectivity index (χ3n) is 4.09. The molecule has 1 rings (SSSR count). The quantitative estimate of drug-likeness (QED) is 0.710. The summed E-state index contributed by atoms with van der Waals surface area (Å²) in [7, 11) is -2.80. The summed E-state index contributed by atoms with van der Waals surface area (Å²) >= 11 is 0. The first-order chi connectivity index (χ1) is 8.94. The van der Waals surface area contributed by atoms with E-state index in [0.29, 0.717) is 29.3 Å². The molecule has 1 saturated carbocycles. The van der Waals surface area contributed by atoms with Crippen LogP contribution in [0.2, 0.25) is 0 Å². The molecule has 0 aliphatic heterocycles. The Labute approximate surface area is 119 Å². The lowest BCUT2D eigenvalue weighted by atomic mass is 9.93. The Morgan fingerprint density at radius 2 is 1.84 bits per heavy atom. The van der Waals surface area contributed by atoms with Gasteiger partial charge in [0.15, 0.2) is 0 Å². The van der Waals surface area contributed by atoms with Crippen molar-refractivity contribution >= 4 is 9.84 Å². The molecule has 0 saturated heterocycles. The van der Waals surface area contributed by atoms with Gasteiger partial charge < -0.3 is 5.32 Å².